The van der Waals surface area contributed by atoms with Gasteiger partial charge in [0, 0.05) is 30.2 Å². The first-order chi connectivity index (χ1) is 12.8. The van der Waals surface area contributed by atoms with Crippen LogP contribution in [-0.2, 0) is 28.9 Å². The molecule has 2 rings (SSSR count). The summed E-state index contributed by atoms with van der Waals surface area (Å²) in [6.45, 7) is 1.06. The molecule has 0 heterocycles. The maximum absolute atomic E-state index is 11.6. The van der Waals surface area contributed by atoms with Gasteiger partial charge in [-0.05, 0) is 35.9 Å². The van der Waals surface area contributed by atoms with Crippen LogP contribution in [0.2, 0.25) is 10.0 Å². The zero-order valence-electron chi connectivity index (χ0n) is 15.5. The Kier molecular flexibility index (Phi) is 10.5. The summed E-state index contributed by atoms with van der Waals surface area (Å²) in [6, 6.07) is 12.7. The predicted molar refractivity (Wildman–Crippen MR) is 127 cm³/mol. The van der Waals surface area contributed by atoms with Gasteiger partial charge in [0.15, 0.2) is 5.96 Å². The van der Waals surface area contributed by atoms with Crippen molar-refractivity contribution >= 4 is 63.2 Å². The summed E-state index contributed by atoms with van der Waals surface area (Å²) in [5.74, 6) is 0.588. The highest BCUT2D eigenvalue weighted by Crippen LogP contribution is 2.20. The largest absolute Gasteiger partial charge is 0.352 e. The van der Waals surface area contributed by atoms with Gasteiger partial charge in [-0.1, -0.05) is 53.5 Å². The summed E-state index contributed by atoms with van der Waals surface area (Å²) in [5.41, 5.74) is 2.65. The maximum atomic E-state index is 11.6. The number of benzene rings is 2. The normalized spacial score (nSPS) is 11.6. The zero-order chi connectivity index (χ0) is 19.9. The molecule has 0 atom stereocenters. The molecule has 0 unspecified atom stereocenters. The topological polar surface area (TPSA) is 82.6 Å². The monoisotopic (exact) mass is 556 g/mol. The lowest BCUT2D eigenvalue weighted by Crippen LogP contribution is -2.36. The Labute approximate surface area is 193 Å². The van der Waals surface area contributed by atoms with Gasteiger partial charge in [0.25, 0.3) is 0 Å². The Morgan fingerprint density at radius 2 is 1.61 bits per heavy atom. The smallest absolute Gasteiger partial charge is 0.215 e. The SMILES string of the molecule is CN=C(NCc1ccc(CS(=O)(=O)NC)cc1)NCc1ccc(Cl)cc1Cl.I. The van der Waals surface area contributed by atoms with Crippen LogP contribution in [0.1, 0.15) is 16.7 Å². The van der Waals surface area contributed by atoms with Crippen molar-refractivity contribution in [2.24, 2.45) is 4.99 Å². The van der Waals surface area contributed by atoms with Gasteiger partial charge in [0.2, 0.25) is 10.0 Å². The van der Waals surface area contributed by atoms with E-state index in [2.05, 4.69) is 20.3 Å². The van der Waals surface area contributed by atoms with E-state index in [0.717, 1.165) is 16.7 Å². The van der Waals surface area contributed by atoms with Crippen LogP contribution in [0, 0.1) is 0 Å². The van der Waals surface area contributed by atoms with Crippen LogP contribution >= 0.6 is 47.2 Å². The molecule has 10 heteroatoms. The minimum Gasteiger partial charge on any atom is -0.352 e. The fourth-order valence-electron chi connectivity index (χ4n) is 2.30. The molecule has 0 saturated heterocycles. The second kappa shape index (κ2) is 11.8. The van der Waals surface area contributed by atoms with Crippen LogP contribution in [0.3, 0.4) is 0 Å². The molecule has 28 heavy (non-hydrogen) atoms. The number of sulfonamides is 1. The third-order valence-corrected chi connectivity index (χ3v) is 5.76. The summed E-state index contributed by atoms with van der Waals surface area (Å²) in [7, 11) is -0.178. The van der Waals surface area contributed by atoms with Gasteiger partial charge >= 0.3 is 0 Å². The molecule has 0 radical (unpaired) electrons. The molecule has 0 aromatic heterocycles. The van der Waals surface area contributed by atoms with Crippen molar-refractivity contribution in [3.05, 3.63) is 69.2 Å². The summed E-state index contributed by atoms with van der Waals surface area (Å²) in [4.78, 5) is 4.18. The van der Waals surface area contributed by atoms with Crippen molar-refractivity contribution < 1.29 is 8.42 Å². The predicted octanol–water partition coefficient (Wildman–Crippen LogP) is 3.53. The van der Waals surface area contributed by atoms with Gasteiger partial charge in [0.05, 0.1) is 5.75 Å². The van der Waals surface area contributed by atoms with Gasteiger partial charge < -0.3 is 10.6 Å². The lowest BCUT2D eigenvalue weighted by atomic mass is 10.1. The van der Waals surface area contributed by atoms with E-state index in [-0.39, 0.29) is 29.7 Å². The molecule has 0 fully saturated rings. The van der Waals surface area contributed by atoms with Crippen LogP contribution < -0.4 is 15.4 Å². The highest BCUT2D eigenvalue weighted by Gasteiger charge is 2.08. The van der Waals surface area contributed by atoms with Crippen LogP contribution in [0.15, 0.2) is 47.5 Å². The molecule has 0 spiro atoms. The van der Waals surface area contributed by atoms with Gasteiger partial charge in [-0.25, -0.2) is 13.1 Å². The van der Waals surface area contributed by atoms with Gasteiger partial charge in [-0.15, -0.1) is 24.0 Å². The molecule has 2 aromatic rings. The standard InChI is InChI=1S/C18H22Cl2N4O2S.HI/c1-21-18(24-11-15-7-8-16(19)9-17(15)20)23-10-13-3-5-14(6-4-13)12-27(25,26)22-2;/h3-9,22H,10-12H2,1-2H3,(H2,21,23,24);1H. The molecular weight excluding hydrogens is 534 g/mol. The molecule has 0 aliphatic rings. The molecule has 2 aromatic carbocycles. The van der Waals surface area contributed by atoms with Gasteiger partial charge in [-0.3, -0.25) is 4.99 Å². The molecule has 0 aliphatic carbocycles. The first-order valence-electron chi connectivity index (χ1n) is 8.20. The molecule has 0 bridgehead atoms. The Balaban J connectivity index is 0.00000392. The molecule has 0 aliphatic heterocycles. The third kappa shape index (κ3) is 8.12. The molecule has 6 nitrogen and oxygen atoms in total. The van der Waals surface area contributed by atoms with Crippen LogP contribution in [0.5, 0.6) is 0 Å². The number of nitrogens with one attached hydrogen (secondary N) is 3. The van der Waals surface area contributed by atoms with Crippen LogP contribution in [0.25, 0.3) is 0 Å². The van der Waals surface area contributed by atoms with Crippen molar-refractivity contribution in [1.29, 1.82) is 0 Å². The average Bonchev–Trinajstić information content (AvgIpc) is 2.64. The number of halogens is 3. The fraction of sp³-hybridized carbons (Fsp3) is 0.278. The van der Waals surface area contributed by atoms with E-state index >= 15 is 0 Å². The summed E-state index contributed by atoms with van der Waals surface area (Å²) < 4.78 is 25.5. The highest BCUT2D eigenvalue weighted by molar-refractivity contribution is 14.0. The van der Waals surface area contributed by atoms with E-state index < -0.39 is 10.0 Å². The molecule has 3 N–H and O–H groups in total. The summed E-state index contributed by atoms with van der Waals surface area (Å²) in [5, 5.41) is 7.58. The van der Waals surface area contributed by atoms with E-state index in [0.29, 0.717) is 29.1 Å². The minimum atomic E-state index is -3.27. The van der Waals surface area contributed by atoms with Crippen molar-refractivity contribution in [3.8, 4) is 0 Å². The first-order valence-corrected chi connectivity index (χ1v) is 10.6. The lowest BCUT2D eigenvalue weighted by Gasteiger charge is -2.13. The van der Waals surface area contributed by atoms with Crippen molar-refractivity contribution in [1.82, 2.24) is 15.4 Å². The Hall–Kier alpha value is -1.07. The number of hydrogen-bond acceptors (Lipinski definition) is 3. The van der Waals surface area contributed by atoms with Crippen molar-refractivity contribution in [2.75, 3.05) is 14.1 Å². The zero-order valence-corrected chi connectivity index (χ0v) is 20.2. The average molecular weight is 557 g/mol. The Bertz CT molecular complexity index is 906. The number of aliphatic imine (C=N–C) groups is 1. The van der Waals surface area contributed by atoms with Crippen LogP contribution in [0.4, 0.5) is 0 Å². The highest BCUT2D eigenvalue weighted by atomic mass is 127. The lowest BCUT2D eigenvalue weighted by molar-refractivity contribution is 0.587. The first kappa shape index (κ1) is 25.0. The summed E-state index contributed by atoms with van der Waals surface area (Å²) >= 11 is 12.1. The van der Waals surface area contributed by atoms with E-state index in [1.165, 1.54) is 7.05 Å². The van der Waals surface area contributed by atoms with Crippen molar-refractivity contribution in [2.45, 2.75) is 18.8 Å². The minimum absolute atomic E-state index is 0. The number of guanidine groups is 1. The maximum Gasteiger partial charge on any atom is 0.215 e. The van der Waals surface area contributed by atoms with Gasteiger partial charge in [0.1, 0.15) is 0 Å². The molecular formula is C18H23Cl2IN4O2S. The van der Waals surface area contributed by atoms with E-state index in [9.17, 15) is 8.42 Å². The second-order valence-electron chi connectivity index (χ2n) is 5.79. The molecule has 0 saturated carbocycles. The van der Waals surface area contributed by atoms with Crippen LogP contribution in [-0.4, -0.2) is 28.5 Å². The Morgan fingerprint density at radius 1 is 1.00 bits per heavy atom. The van der Waals surface area contributed by atoms with Gasteiger partial charge in [-0.2, -0.15) is 0 Å². The summed E-state index contributed by atoms with van der Waals surface area (Å²) in [6.07, 6.45) is 0. The Morgan fingerprint density at radius 3 is 2.18 bits per heavy atom. The van der Waals surface area contributed by atoms with E-state index in [1.54, 1.807) is 31.3 Å². The van der Waals surface area contributed by atoms with Crippen molar-refractivity contribution in [3.63, 3.8) is 0 Å². The van der Waals surface area contributed by atoms with E-state index in [1.807, 2.05) is 18.2 Å². The number of rotatable bonds is 7. The molecule has 154 valence electrons. The van der Waals surface area contributed by atoms with E-state index in [4.69, 9.17) is 23.2 Å². The number of nitrogens with zero attached hydrogens (tertiary/aromatic N) is 1. The number of hydrogen-bond donors (Lipinski definition) is 3. The second-order valence-corrected chi connectivity index (χ2v) is 8.56. The molecule has 0 amide bonds. The third-order valence-electron chi connectivity index (χ3n) is 3.84. The quantitative estimate of drug-likeness (QED) is 0.277. The fourth-order valence-corrected chi connectivity index (χ4v) is 3.55.